The lowest BCUT2D eigenvalue weighted by Gasteiger charge is -2.34. The highest BCUT2D eigenvalue weighted by molar-refractivity contribution is 6.05. The number of carbonyl (C=O) groups excluding carboxylic acids is 2. The molecule has 2 aliphatic rings. The summed E-state index contributed by atoms with van der Waals surface area (Å²) in [6, 6.07) is 21.3. The molecular weight excluding hydrogens is 655 g/mol. The number of anilines is 1. The minimum Gasteiger partial charge on any atom is -0.454 e. The Kier molecular flexibility index (Phi) is 8.70. The molecule has 0 spiro atoms. The number of carbonyl (C=O) groups is 2. The van der Waals surface area contributed by atoms with Gasteiger partial charge in [0.05, 0.1) is 11.9 Å². The SMILES string of the molecule is CN(C(=O)c1ccc(OC(F)(F)F)cc1)c1ccc(Oc2ccc3c(c2)cc(C(=O)N2CCN(Cc4ccc5c(c4)OCO5)CC2)n3C)nc1. The molecule has 2 aliphatic heterocycles. The summed E-state index contributed by atoms with van der Waals surface area (Å²) in [5.41, 5.74) is 3.23. The Morgan fingerprint density at radius 1 is 0.880 bits per heavy atom. The summed E-state index contributed by atoms with van der Waals surface area (Å²) >= 11 is 0. The molecule has 0 radical (unpaired) electrons. The summed E-state index contributed by atoms with van der Waals surface area (Å²) in [5, 5.41) is 0.836. The number of hydrogen-bond donors (Lipinski definition) is 0. The third-order valence-corrected chi connectivity index (χ3v) is 8.71. The average Bonchev–Trinajstić information content (AvgIpc) is 3.71. The lowest BCUT2D eigenvalue weighted by molar-refractivity contribution is -0.274. The summed E-state index contributed by atoms with van der Waals surface area (Å²) in [5.74, 6) is 1.44. The molecule has 2 amide bonds. The molecule has 0 N–H and O–H groups in total. The first-order valence-corrected chi connectivity index (χ1v) is 15.8. The summed E-state index contributed by atoms with van der Waals surface area (Å²) in [7, 11) is 3.40. The number of halogens is 3. The van der Waals surface area contributed by atoms with E-state index in [0.717, 1.165) is 59.7 Å². The van der Waals surface area contributed by atoms with Gasteiger partial charge in [-0.05, 0) is 72.3 Å². The van der Waals surface area contributed by atoms with Gasteiger partial charge in [-0.2, -0.15) is 0 Å². The highest BCUT2D eigenvalue weighted by Gasteiger charge is 2.31. The maximum absolute atomic E-state index is 13.6. The van der Waals surface area contributed by atoms with Crippen molar-refractivity contribution in [2.75, 3.05) is 44.9 Å². The van der Waals surface area contributed by atoms with E-state index in [1.54, 1.807) is 18.2 Å². The van der Waals surface area contributed by atoms with Crippen LogP contribution in [0.25, 0.3) is 10.9 Å². The van der Waals surface area contributed by atoms with Crippen molar-refractivity contribution < 1.29 is 41.7 Å². The molecule has 11 nitrogen and oxygen atoms in total. The van der Waals surface area contributed by atoms with Gasteiger partial charge in [-0.3, -0.25) is 14.5 Å². The van der Waals surface area contributed by atoms with Crippen LogP contribution in [-0.4, -0.2) is 77.5 Å². The predicted molar refractivity (Wildman–Crippen MR) is 177 cm³/mol. The third-order valence-electron chi connectivity index (χ3n) is 8.71. The number of aromatic nitrogens is 2. The molecular formula is C36H32F3N5O6. The summed E-state index contributed by atoms with van der Waals surface area (Å²) in [6.45, 7) is 3.76. The van der Waals surface area contributed by atoms with Gasteiger partial charge in [-0.15, -0.1) is 13.2 Å². The number of nitrogens with zero attached hydrogens (tertiary/aromatic N) is 5. The Balaban J connectivity index is 0.957. The maximum Gasteiger partial charge on any atom is 0.573 e. The van der Waals surface area contributed by atoms with Crippen LogP contribution in [0.2, 0.25) is 0 Å². The van der Waals surface area contributed by atoms with Gasteiger partial charge >= 0.3 is 6.36 Å². The number of alkyl halides is 3. The largest absolute Gasteiger partial charge is 0.573 e. The molecule has 0 atom stereocenters. The molecule has 3 aromatic carbocycles. The van der Waals surface area contributed by atoms with Crippen molar-refractivity contribution in [2.24, 2.45) is 7.05 Å². The van der Waals surface area contributed by atoms with Crippen molar-refractivity contribution in [1.82, 2.24) is 19.4 Å². The Hall–Kier alpha value is -5.76. The highest BCUT2D eigenvalue weighted by Crippen LogP contribution is 2.33. The average molecular weight is 688 g/mol. The molecule has 5 aromatic rings. The number of pyridine rings is 1. The summed E-state index contributed by atoms with van der Waals surface area (Å²) in [4.78, 5) is 36.3. The minimum absolute atomic E-state index is 0.0320. The summed E-state index contributed by atoms with van der Waals surface area (Å²) in [6.07, 6.45) is -3.36. The van der Waals surface area contributed by atoms with Crippen molar-refractivity contribution in [3.05, 3.63) is 102 Å². The number of hydrogen-bond acceptors (Lipinski definition) is 8. The van der Waals surface area contributed by atoms with E-state index < -0.39 is 18.0 Å². The van der Waals surface area contributed by atoms with E-state index >= 15 is 0 Å². The van der Waals surface area contributed by atoms with Crippen LogP contribution in [0.15, 0.2) is 85.1 Å². The number of ether oxygens (including phenoxy) is 4. The number of rotatable bonds is 8. The molecule has 1 saturated heterocycles. The zero-order valence-corrected chi connectivity index (χ0v) is 27.1. The molecule has 4 heterocycles. The quantitative estimate of drug-likeness (QED) is 0.190. The van der Waals surface area contributed by atoms with Crippen molar-refractivity contribution in [3.63, 3.8) is 0 Å². The van der Waals surface area contributed by atoms with Gasteiger partial charge in [-0.25, -0.2) is 4.98 Å². The van der Waals surface area contributed by atoms with Crippen LogP contribution in [0, 0.1) is 0 Å². The topological polar surface area (TPSA) is 98.6 Å². The zero-order chi connectivity index (χ0) is 35.0. The molecule has 0 saturated carbocycles. The van der Waals surface area contributed by atoms with Crippen molar-refractivity contribution in [3.8, 4) is 28.9 Å². The molecule has 7 rings (SSSR count). The second kappa shape index (κ2) is 13.3. The number of piperazine rings is 1. The van der Waals surface area contributed by atoms with Gasteiger partial charge in [0.25, 0.3) is 11.8 Å². The minimum atomic E-state index is -4.82. The first kappa shape index (κ1) is 32.8. The van der Waals surface area contributed by atoms with Gasteiger partial charge in [0.1, 0.15) is 17.2 Å². The first-order chi connectivity index (χ1) is 24.0. The number of aryl methyl sites for hydroxylation is 1. The third kappa shape index (κ3) is 7.01. The second-order valence-electron chi connectivity index (χ2n) is 12.0. The fraction of sp³-hybridized carbons (Fsp3) is 0.250. The van der Waals surface area contributed by atoms with Gasteiger partial charge in [0.2, 0.25) is 12.7 Å². The fourth-order valence-corrected chi connectivity index (χ4v) is 6.03. The molecule has 2 aromatic heterocycles. The van der Waals surface area contributed by atoms with Crippen molar-refractivity contribution in [2.45, 2.75) is 12.9 Å². The summed E-state index contributed by atoms with van der Waals surface area (Å²) < 4.78 is 60.0. The zero-order valence-electron chi connectivity index (χ0n) is 27.1. The Bertz CT molecular complexity index is 2040. The van der Waals surface area contributed by atoms with E-state index in [-0.39, 0.29) is 24.1 Å². The lowest BCUT2D eigenvalue weighted by atomic mass is 10.1. The molecule has 258 valence electrons. The molecule has 0 unspecified atom stereocenters. The van der Waals surface area contributed by atoms with Gasteiger partial charge in [0, 0.05) is 69.4 Å². The second-order valence-corrected chi connectivity index (χ2v) is 12.0. The van der Waals surface area contributed by atoms with Crippen molar-refractivity contribution >= 4 is 28.4 Å². The first-order valence-electron chi connectivity index (χ1n) is 15.8. The van der Waals surface area contributed by atoms with Gasteiger partial charge in [-0.1, -0.05) is 6.07 Å². The molecule has 14 heteroatoms. The maximum atomic E-state index is 13.6. The van der Waals surface area contributed by atoms with Crippen LogP contribution < -0.4 is 23.8 Å². The monoisotopic (exact) mass is 687 g/mol. The van der Waals surface area contributed by atoms with Gasteiger partial charge in [0.15, 0.2) is 11.5 Å². The standard InChI is InChI=1S/C36H32F3N5O6/c1-41(34(45)24-4-7-27(8-5-24)50-36(37,38)39)26-6-12-33(40-20-26)49-28-9-10-29-25(18-28)19-30(42(29)2)35(46)44-15-13-43(14-16-44)21-23-3-11-31-32(17-23)48-22-47-31/h3-12,17-20H,13-16,21-22H2,1-2H3. The number of benzene rings is 3. The van der Waals surface area contributed by atoms with Crippen molar-refractivity contribution in [1.29, 1.82) is 0 Å². The van der Waals surface area contributed by atoms with E-state index in [1.807, 2.05) is 52.9 Å². The Labute approximate surface area is 284 Å². The predicted octanol–water partition coefficient (Wildman–Crippen LogP) is 6.23. The molecule has 0 aliphatic carbocycles. The molecule has 1 fully saturated rings. The van der Waals surface area contributed by atoms with E-state index in [1.165, 1.54) is 30.3 Å². The Morgan fingerprint density at radius 2 is 1.62 bits per heavy atom. The van der Waals surface area contributed by atoms with E-state index in [0.29, 0.717) is 30.2 Å². The Morgan fingerprint density at radius 3 is 2.34 bits per heavy atom. The lowest BCUT2D eigenvalue weighted by Crippen LogP contribution is -2.48. The van der Waals surface area contributed by atoms with Crippen LogP contribution in [-0.2, 0) is 13.6 Å². The van der Waals surface area contributed by atoms with Crippen LogP contribution in [0.4, 0.5) is 18.9 Å². The highest BCUT2D eigenvalue weighted by atomic mass is 19.4. The normalized spacial score (nSPS) is 14.5. The number of fused-ring (bicyclic) bond motifs is 2. The fourth-order valence-electron chi connectivity index (χ4n) is 6.03. The smallest absolute Gasteiger partial charge is 0.454 e. The molecule has 50 heavy (non-hydrogen) atoms. The number of amides is 2. The van der Waals surface area contributed by atoms with E-state index in [9.17, 15) is 22.8 Å². The van der Waals surface area contributed by atoms with E-state index in [2.05, 4.69) is 14.6 Å². The van der Waals surface area contributed by atoms with Crippen LogP contribution in [0.1, 0.15) is 26.4 Å². The van der Waals surface area contributed by atoms with E-state index in [4.69, 9.17) is 14.2 Å². The molecule has 0 bridgehead atoms. The van der Waals surface area contributed by atoms with Gasteiger partial charge < -0.3 is 33.3 Å². The van der Waals surface area contributed by atoms with Crippen LogP contribution in [0.5, 0.6) is 28.9 Å². The van der Waals surface area contributed by atoms with Crippen LogP contribution in [0.3, 0.4) is 0 Å². The van der Waals surface area contributed by atoms with Crippen LogP contribution >= 0.6 is 0 Å².